The minimum absolute atomic E-state index is 0.465. The van der Waals surface area contributed by atoms with Crippen LogP contribution < -0.4 is 0 Å². The van der Waals surface area contributed by atoms with Crippen molar-refractivity contribution in [3.8, 4) is 5.75 Å². The van der Waals surface area contributed by atoms with Crippen LogP contribution in [0.1, 0.15) is 11.6 Å². The second-order valence-electron chi connectivity index (χ2n) is 4.33. The van der Waals surface area contributed by atoms with E-state index < -0.39 is 54.0 Å². The molecule has 0 spiro atoms. The van der Waals surface area contributed by atoms with Gasteiger partial charge in [-0.1, -0.05) is 0 Å². The fourth-order valence-electron chi connectivity index (χ4n) is 2.03. The van der Waals surface area contributed by atoms with Gasteiger partial charge in [-0.05, 0) is 24.3 Å². The van der Waals surface area contributed by atoms with Gasteiger partial charge in [0.25, 0.3) is 5.12 Å². The number of rotatable bonds is 8. The Bertz CT molecular complexity index is 719. The lowest BCUT2D eigenvalue weighted by atomic mass is 9.93. The molecule has 1 unspecified atom stereocenters. The van der Waals surface area contributed by atoms with E-state index in [-0.39, 0.29) is 0 Å². The highest BCUT2D eigenvalue weighted by atomic mass is 16.8. The van der Waals surface area contributed by atoms with Crippen molar-refractivity contribution in [1.29, 1.82) is 0 Å². The van der Waals surface area contributed by atoms with Gasteiger partial charge in [-0.15, -0.1) is 0 Å². The molecule has 2 N–H and O–H groups in total. The molecule has 0 aliphatic heterocycles. The monoisotopic (exact) mass is 361 g/mol. The van der Waals surface area contributed by atoms with Crippen LogP contribution in [0.15, 0.2) is 24.3 Å². The Hall–Kier alpha value is -4.11. The second kappa shape index (κ2) is 6.56. The number of phenolic OH excluding ortho intramolecular Hbond substituents is 1. The van der Waals surface area contributed by atoms with Gasteiger partial charge in [-0.3, -0.25) is 20.2 Å². The molecule has 134 valence electrons. The Morgan fingerprint density at radius 2 is 1.44 bits per heavy atom. The molecule has 0 heterocycles. The molecule has 0 aliphatic carbocycles. The summed E-state index contributed by atoms with van der Waals surface area (Å²) in [6.45, 7) is 0. The van der Waals surface area contributed by atoms with E-state index in [1.54, 1.807) is 0 Å². The average molecular weight is 361 g/mol. The number of phenols is 1. The molecule has 1 aromatic carbocycles. The van der Waals surface area contributed by atoms with Crippen molar-refractivity contribution in [2.24, 2.45) is 0 Å². The molecule has 1 rings (SSSR count). The SMILES string of the molecule is O=C(O)[C@](C(c1ccc(O)cc1)[N+](=O)[O-])(N([N+](=O)[O-])[N+](=O)[O-])[N+](=O)[O-]. The van der Waals surface area contributed by atoms with Crippen LogP contribution in [0.5, 0.6) is 5.75 Å². The first-order valence-corrected chi connectivity index (χ1v) is 5.87. The van der Waals surface area contributed by atoms with E-state index in [4.69, 9.17) is 10.2 Å². The van der Waals surface area contributed by atoms with Crippen molar-refractivity contribution < 1.29 is 34.9 Å². The molecule has 16 nitrogen and oxygen atoms in total. The number of aliphatic carboxylic acids is 1. The van der Waals surface area contributed by atoms with E-state index in [1.165, 1.54) is 0 Å². The Morgan fingerprint density at radius 1 is 1.00 bits per heavy atom. The quantitative estimate of drug-likeness (QED) is 0.337. The van der Waals surface area contributed by atoms with E-state index in [9.17, 15) is 45.3 Å². The predicted molar refractivity (Wildman–Crippen MR) is 71.0 cm³/mol. The van der Waals surface area contributed by atoms with E-state index in [0.29, 0.717) is 12.1 Å². The molecule has 25 heavy (non-hydrogen) atoms. The van der Waals surface area contributed by atoms with E-state index in [2.05, 4.69) is 0 Å². The van der Waals surface area contributed by atoms with Gasteiger partial charge in [0, 0.05) is 10.5 Å². The van der Waals surface area contributed by atoms with Gasteiger partial charge in [0.05, 0.1) is 4.92 Å². The van der Waals surface area contributed by atoms with Crippen molar-refractivity contribution in [2.75, 3.05) is 0 Å². The van der Waals surface area contributed by atoms with E-state index in [1.807, 2.05) is 0 Å². The summed E-state index contributed by atoms with van der Waals surface area (Å²) >= 11 is 0. The summed E-state index contributed by atoms with van der Waals surface area (Å²) in [5.74, 6) is -3.27. The number of nitro groups is 4. The average Bonchev–Trinajstić information content (AvgIpc) is 2.46. The molecule has 2 atom stereocenters. The second-order valence-corrected chi connectivity index (χ2v) is 4.33. The lowest BCUT2D eigenvalue weighted by molar-refractivity contribution is -0.964. The highest BCUT2D eigenvalue weighted by Crippen LogP contribution is 2.36. The van der Waals surface area contributed by atoms with Gasteiger partial charge >= 0.3 is 17.7 Å². The summed E-state index contributed by atoms with van der Waals surface area (Å²) < 4.78 is 0. The zero-order chi connectivity index (χ0) is 19.5. The maximum absolute atomic E-state index is 11.5. The topological polar surface area (TPSA) is 233 Å². The largest absolute Gasteiger partial charge is 0.573 e. The Labute approximate surface area is 135 Å². The van der Waals surface area contributed by atoms with Gasteiger partial charge in [0.2, 0.25) is 10.1 Å². The van der Waals surface area contributed by atoms with Crippen molar-refractivity contribution in [1.82, 2.24) is 5.12 Å². The molecule has 0 aromatic heterocycles. The molecule has 16 heteroatoms. The molecule has 0 saturated heterocycles. The fourth-order valence-corrected chi connectivity index (χ4v) is 2.03. The van der Waals surface area contributed by atoms with Crippen LogP contribution in [0.2, 0.25) is 0 Å². The third-order valence-corrected chi connectivity index (χ3v) is 3.01. The van der Waals surface area contributed by atoms with Crippen LogP contribution in [-0.2, 0) is 4.79 Å². The molecule has 0 radical (unpaired) electrons. The summed E-state index contributed by atoms with van der Waals surface area (Å²) in [6, 6.07) is -0.164. The number of carbonyl (C=O) groups is 1. The number of carboxylic acids is 1. The Kier molecular flexibility index (Phi) is 4.97. The molecular weight excluding hydrogens is 354 g/mol. The Balaban J connectivity index is 3.90. The molecule has 0 bridgehead atoms. The lowest BCUT2D eigenvalue weighted by Gasteiger charge is -2.22. The van der Waals surface area contributed by atoms with E-state index in [0.717, 1.165) is 12.1 Å². The highest BCUT2D eigenvalue weighted by Gasteiger charge is 2.82. The summed E-state index contributed by atoms with van der Waals surface area (Å²) in [6.07, 6.45) is 0. The van der Waals surface area contributed by atoms with Crippen LogP contribution in [-0.4, -0.2) is 46.9 Å². The zero-order valence-electron chi connectivity index (χ0n) is 11.7. The molecule has 0 fully saturated rings. The number of hydrazine groups is 2. The summed E-state index contributed by atoms with van der Waals surface area (Å²) in [5.41, 5.74) is -5.20. The number of benzene rings is 1. The number of aromatic hydroxyl groups is 1. The van der Waals surface area contributed by atoms with E-state index >= 15 is 0 Å². The van der Waals surface area contributed by atoms with Crippen LogP contribution in [0.25, 0.3) is 0 Å². The van der Waals surface area contributed by atoms with Gasteiger partial charge in [0.15, 0.2) is 0 Å². The van der Waals surface area contributed by atoms with Crippen LogP contribution in [0, 0.1) is 40.5 Å². The molecular formula is C9H7N5O11. The molecule has 1 aromatic rings. The first-order valence-electron chi connectivity index (χ1n) is 5.87. The lowest BCUT2D eigenvalue weighted by Crippen LogP contribution is -2.68. The van der Waals surface area contributed by atoms with Crippen LogP contribution in [0.4, 0.5) is 0 Å². The molecule has 0 saturated carbocycles. The first kappa shape index (κ1) is 18.9. The third-order valence-electron chi connectivity index (χ3n) is 3.01. The number of hydrogen-bond donors (Lipinski definition) is 2. The highest BCUT2D eigenvalue weighted by molar-refractivity contribution is 5.77. The van der Waals surface area contributed by atoms with Gasteiger partial charge < -0.3 is 10.2 Å². The maximum atomic E-state index is 11.5. The number of nitrogens with zero attached hydrogens (tertiary/aromatic N) is 5. The summed E-state index contributed by atoms with van der Waals surface area (Å²) in [7, 11) is 0. The smallest absolute Gasteiger partial charge is 0.508 e. The van der Waals surface area contributed by atoms with Crippen LogP contribution >= 0.6 is 0 Å². The Morgan fingerprint density at radius 3 is 1.72 bits per heavy atom. The minimum Gasteiger partial charge on any atom is -0.508 e. The van der Waals surface area contributed by atoms with Crippen LogP contribution in [0.3, 0.4) is 0 Å². The van der Waals surface area contributed by atoms with Crippen molar-refractivity contribution in [3.05, 3.63) is 70.3 Å². The minimum atomic E-state index is -4.41. The normalized spacial score (nSPS) is 13.9. The van der Waals surface area contributed by atoms with Crippen molar-refractivity contribution in [2.45, 2.75) is 11.7 Å². The fraction of sp³-hybridized carbons (Fsp3) is 0.222. The summed E-state index contributed by atoms with van der Waals surface area (Å²) in [5, 5.41) is 57.0. The maximum Gasteiger partial charge on any atom is 0.573 e. The van der Waals surface area contributed by atoms with Gasteiger partial charge in [0.1, 0.15) is 5.75 Å². The predicted octanol–water partition coefficient (Wildman–Crippen LogP) is -0.547. The first-order chi connectivity index (χ1) is 11.5. The molecule has 0 amide bonds. The van der Waals surface area contributed by atoms with Crippen molar-refractivity contribution >= 4 is 5.97 Å². The van der Waals surface area contributed by atoms with Crippen molar-refractivity contribution in [3.63, 3.8) is 0 Å². The third kappa shape index (κ3) is 3.02. The number of carboxylic acid groups (broad SMARTS) is 1. The number of hydrogen-bond acceptors (Lipinski definition) is 10. The van der Waals surface area contributed by atoms with Gasteiger partial charge in [-0.2, -0.15) is 0 Å². The standard InChI is InChI=1S/C9H7N5O11/c15-6-3-1-5(2-4-6)7(10(18)19)9(8(16)17,12(20)21)11(13(22)23)14(24)25/h1-4,7,15H,(H,16,17)/t7?,9-/m1/s1. The van der Waals surface area contributed by atoms with Gasteiger partial charge in [-0.25, -0.2) is 25.0 Å². The summed E-state index contributed by atoms with van der Waals surface area (Å²) in [4.78, 5) is 52.2. The zero-order valence-corrected chi connectivity index (χ0v) is 11.7. The molecule has 0 aliphatic rings.